The van der Waals surface area contributed by atoms with Gasteiger partial charge in [0.25, 0.3) is 0 Å². The number of hydrogen-bond acceptors (Lipinski definition) is 4. The molecule has 8 nitrogen and oxygen atoms in total. The summed E-state index contributed by atoms with van der Waals surface area (Å²) < 4.78 is 1.52. The first kappa shape index (κ1) is 14.4. The van der Waals surface area contributed by atoms with Crippen molar-refractivity contribution < 1.29 is 24.6 Å². The summed E-state index contributed by atoms with van der Waals surface area (Å²) in [6.07, 6.45) is 4.09. The van der Waals surface area contributed by atoms with Crippen molar-refractivity contribution in [3.63, 3.8) is 0 Å². The van der Waals surface area contributed by atoms with Crippen molar-refractivity contribution >= 4 is 23.9 Å². The Morgan fingerprint density at radius 2 is 1.89 bits per heavy atom. The zero-order chi connectivity index (χ0) is 14.4. The fourth-order valence-electron chi connectivity index (χ4n) is 1.35. The lowest BCUT2D eigenvalue weighted by Crippen LogP contribution is -2.38. The van der Waals surface area contributed by atoms with Crippen LogP contribution in [0.25, 0.3) is 6.08 Å². The molecular weight excluding hydrogens is 254 g/mol. The molecule has 0 aliphatic rings. The highest BCUT2D eigenvalue weighted by Crippen LogP contribution is 2.01. The predicted octanol–water partition coefficient (Wildman–Crippen LogP) is -0.569. The molecule has 1 aromatic heterocycles. The molecule has 0 aliphatic carbocycles. The first-order valence-corrected chi connectivity index (χ1v) is 5.28. The minimum atomic E-state index is -1.27. The molecule has 1 heterocycles. The Morgan fingerprint density at radius 1 is 1.32 bits per heavy atom. The number of carboxylic acids is 2. The van der Waals surface area contributed by atoms with Crippen molar-refractivity contribution in [2.75, 3.05) is 13.1 Å². The van der Waals surface area contributed by atoms with E-state index in [0.717, 1.165) is 11.0 Å². The molecule has 0 saturated carbocycles. The maximum Gasteiger partial charge on any atom is 0.323 e. The van der Waals surface area contributed by atoms with Gasteiger partial charge in [-0.25, -0.2) is 0 Å². The van der Waals surface area contributed by atoms with E-state index < -0.39 is 30.9 Å². The molecule has 0 radical (unpaired) electrons. The molecular formula is C11H13N3O5. The van der Waals surface area contributed by atoms with Gasteiger partial charge in [-0.2, -0.15) is 5.10 Å². The van der Waals surface area contributed by atoms with E-state index in [0.29, 0.717) is 5.69 Å². The summed E-state index contributed by atoms with van der Waals surface area (Å²) >= 11 is 0. The van der Waals surface area contributed by atoms with Crippen LogP contribution in [0.2, 0.25) is 0 Å². The van der Waals surface area contributed by atoms with Crippen LogP contribution < -0.4 is 0 Å². The average Bonchev–Trinajstić information content (AvgIpc) is 2.69. The van der Waals surface area contributed by atoms with Gasteiger partial charge in [0.2, 0.25) is 5.91 Å². The van der Waals surface area contributed by atoms with Crippen molar-refractivity contribution in [1.29, 1.82) is 0 Å². The smallest absolute Gasteiger partial charge is 0.323 e. The van der Waals surface area contributed by atoms with Crippen LogP contribution in [-0.2, 0) is 21.4 Å². The lowest BCUT2D eigenvalue weighted by molar-refractivity contribution is -0.147. The Hall–Kier alpha value is -2.64. The topological polar surface area (TPSA) is 113 Å². The molecule has 0 bridgehead atoms. The molecule has 0 atom stereocenters. The third-order valence-electron chi connectivity index (χ3n) is 2.22. The highest BCUT2D eigenvalue weighted by molar-refractivity contribution is 5.95. The highest BCUT2D eigenvalue weighted by atomic mass is 16.4. The van der Waals surface area contributed by atoms with Gasteiger partial charge in [-0.05, 0) is 12.1 Å². The van der Waals surface area contributed by atoms with Crippen LogP contribution >= 0.6 is 0 Å². The number of carbonyl (C=O) groups is 3. The molecule has 19 heavy (non-hydrogen) atoms. The van der Waals surface area contributed by atoms with Crippen molar-refractivity contribution in [1.82, 2.24) is 14.7 Å². The Morgan fingerprint density at radius 3 is 2.32 bits per heavy atom. The van der Waals surface area contributed by atoms with Gasteiger partial charge in [-0.3, -0.25) is 19.1 Å². The molecule has 0 saturated heterocycles. The second kappa shape index (κ2) is 6.34. The molecule has 0 spiro atoms. The number of carbonyl (C=O) groups excluding carboxylic acids is 1. The normalized spacial score (nSPS) is 10.6. The predicted molar refractivity (Wildman–Crippen MR) is 64.1 cm³/mol. The van der Waals surface area contributed by atoms with E-state index in [1.807, 2.05) is 0 Å². The number of nitrogens with zero attached hydrogens (tertiary/aromatic N) is 3. The van der Waals surface area contributed by atoms with E-state index in [4.69, 9.17) is 10.2 Å². The molecule has 0 fully saturated rings. The Kier molecular flexibility index (Phi) is 4.81. The van der Waals surface area contributed by atoms with Crippen molar-refractivity contribution in [2.24, 2.45) is 7.05 Å². The van der Waals surface area contributed by atoms with Gasteiger partial charge in [0.15, 0.2) is 0 Å². The largest absolute Gasteiger partial charge is 0.480 e. The van der Waals surface area contributed by atoms with Crippen LogP contribution in [0.3, 0.4) is 0 Å². The SMILES string of the molecule is Cn1nccc1C=CC(=O)N(CC(=O)O)CC(=O)O. The number of aromatic nitrogens is 2. The first-order valence-electron chi connectivity index (χ1n) is 5.28. The van der Waals surface area contributed by atoms with E-state index in [1.165, 1.54) is 17.0 Å². The van der Waals surface area contributed by atoms with E-state index in [-0.39, 0.29) is 0 Å². The van der Waals surface area contributed by atoms with Crippen LogP contribution in [-0.4, -0.2) is 55.8 Å². The number of amides is 1. The fourth-order valence-corrected chi connectivity index (χ4v) is 1.35. The van der Waals surface area contributed by atoms with Crippen LogP contribution in [0.4, 0.5) is 0 Å². The highest BCUT2D eigenvalue weighted by Gasteiger charge is 2.17. The Balaban J connectivity index is 2.76. The third kappa shape index (κ3) is 4.62. The van der Waals surface area contributed by atoms with Crippen molar-refractivity contribution in [3.8, 4) is 0 Å². The number of aliphatic carboxylic acids is 2. The molecule has 1 amide bonds. The minimum absolute atomic E-state index is 0.638. The first-order chi connectivity index (χ1) is 8.90. The third-order valence-corrected chi connectivity index (χ3v) is 2.22. The molecule has 8 heteroatoms. The molecule has 2 N–H and O–H groups in total. The summed E-state index contributed by atoms with van der Waals surface area (Å²) in [4.78, 5) is 33.5. The summed E-state index contributed by atoms with van der Waals surface area (Å²) in [7, 11) is 1.68. The van der Waals surface area contributed by atoms with Crippen molar-refractivity contribution in [2.45, 2.75) is 0 Å². The fraction of sp³-hybridized carbons (Fsp3) is 0.273. The summed E-state index contributed by atoms with van der Waals surface area (Å²) in [5.74, 6) is -3.24. The van der Waals surface area contributed by atoms with Gasteiger partial charge in [0, 0.05) is 19.3 Å². The zero-order valence-electron chi connectivity index (χ0n) is 10.2. The lowest BCUT2D eigenvalue weighted by Gasteiger charge is -2.15. The molecule has 1 rings (SSSR count). The maximum absolute atomic E-state index is 11.7. The van der Waals surface area contributed by atoms with Gasteiger partial charge in [0.05, 0.1) is 5.69 Å². The summed E-state index contributed by atoms with van der Waals surface area (Å²) in [6, 6.07) is 1.66. The molecule has 0 aliphatic heterocycles. The van der Waals surface area contributed by atoms with E-state index in [1.54, 1.807) is 13.1 Å². The minimum Gasteiger partial charge on any atom is -0.480 e. The summed E-state index contributed by atoms with van der Waals surface area (Å²) in [5, 5.41) is 21.1. The van der Waals surface area contributed by atoms with E-state index in [9.17, 15) is 14.4 Å². The summed E-state index contributed by atoms with van der Waals surface area (Å²) in [6.45, 7) is -1.33. The number of carboxylic acid groups (broad SMARTS) is 2. The van der Waals surface area contributed by atoms with Gasteiger partial charge in [-0.1, -0.05) is 0 Å². The number of aryl methyl sites for hydroxylation is 1. The zero-order valence-corrected chi connectivity index (χ0v) is 10.2. The van der Waals surface area contributed by atoms with Crippen LogP contribution in [0, 0.1) is 0 Å². The second-order valence-electron chi connectivity index (χ2n) is 3.69. The molecule has 0 aromatic carbocycles. The van der Waals surface area contributed by atoms with Crippen LogP contribution in [0.15, 0.2) is 18.3 Å². The molecule has 0 unspecified atom stereocenters. The monoisotopic (exact) mass is 267 g/mol. The average molecular weight is 267 g/mol. The van der Waals surface area contributed by atoms with Gasteiger partial charge in [0.1, 0.15) is 13.1 Å². The number of hydrogen-bond donors (Lipinski definition) is 2. The van der Waals surface area contributed by atoms with Crippen LogP contribution in [0.1, 0.15) is 5.69 Å². The lowest BCUT2D eigenvalue weighted by atomic mass is 10.3. The maximum atomic E-state index is 11.7. The summed E-state index contributed by atoms with van der Waals surface area (Å²) in [5.41, 5.74) is 0.638. The quantitative estimate of drug-likeness (QED) is 0.667. The second-order valence-corrected chi connectivity index (χ2v) is 3.69. The standard InChI is InChI=1S/C11H13N3O5/c1-13-8(4-5-12-13)2-3-9(15)14(6-10(16)17)7-11(18)19/h2-5H,6-7H2,1H3,(H,16,17)(H,18,19). The van der Waals surface area contributed by atoms with Crippen LogP contribution in [0.5, 0.6) is 0 Å². The van der Waals surface area contributed by atoms with Gasteiger partial charge >= 0.3 is 11.9 Å². The van der Waals surface area contributed by atoms with E-state index >= 15 is 0 Å². The number of rotatable bonds is 6. The Labute approximate surface area is 108 Å². The van der Waals surface area contributed by atoms with Gasteiger partial charge in [-0.15, -0.1) is 0 Å². The Bertz CT molecular complexity index is 504. The molecule has 1 aromatic rings. The van der Waals surface area contributed by atoms with E-state index in [2.05, 4.69) is 5.10 Å². The van der Waals surface area contributed by atoms with Gasteiger partial charge < -0.3 is 15.1 Å². The van der Waals surface area contributed by atoms with Crippen molar-refractivity contribution in [3.05, 3.63) is 24.0 Å². The molecule has 102 valence electrons.